The SMILES string of the molecule is CN(C)CCC(C(C)(C)C)C(C)(C)C. The molecule has 0 aliphatic carbocycles. The predicted molar refractivity (Wildman–Crippen MR) is 65.6 cm³/mol. The fourth-order valence-electron chi connectivity index (χ4n) is 2.55. The van der Waals surface area contributed by atoms with Crippen molar-refractivity contribution in [1.29, 1.82) is 0 Å². The Morgan fingerprint density at radius 3 is 1.43 bits per heavy atom. The average Bonchev–Trinajstić information content (AvgIpc) is 1.78. The highest BCUT2D eigenvalue weighted by molar-refractivity contribution is 4.84. The molecule has 1 nitrogen and oxygen atoms in total. The van der Waals surface area contributed by atoms with Crippen LogP contribution in [0, 0.1) is 16.7 Å². The van der Waals surface area contributed by atoms with Gasteiger partial charge in [-0.3, -0.25) is 0 Å². The lowest BCUT2D eigenvalue weighted by Crippen LogP contribution is -2.35. The standard InChI is InChI=1S/C13H29N/c1-12(2,3)11(13(4,5)6)9-10-14(7)8/h11H,9-10H2,1-8H3. The molecule has 0 bridgehead atoms. The summed E-state index contributed by atoms with van der Waals surface area (Å²) in [6, 6.07) is 0. The normalized spacial score (nSPS) is 14.1. The van der Waals surface area contributed by atoms with E-state index in [1.807, 2.05) is 0 Å². The lowest BCUT2D eigenvalue weighted by atomic mass is 9.65. The van der Waals surface area contributed by atoms with Crippen LogP contribution < -0.4 is 0 Å². The first kappa shape index (κ1) is 14.0. The predicted octanol–water partition coefficient (Wildman–Crippen LogP) is 3.65. The molecule has 86 valence electrons. The smallest absolute Gasteiger partial charge is 0.00218 e. The number of hydrogen-bond acceptors (Lipinski definition) is 1. The minimum absolute atomic E-state index is 0.411. The molecule has 0 atom stereocenters. The molecule has 0 aliphatic heterocycles. The van der Waals surface area contributed by atoms with Crippen molar-refractivity contribution in [3.63, 3.8) is 0 Å². The van der Waals surface area contributed by atoms with Crippen LogP contribution in [0.1, 0.15) is 48.0 Å². The molecule has 0 aromatic carbocycles. The van der Waals surface area contributed by atoms with Crippen LogP contribution in [0.5, 0.6) is 0 Å². The van der Waals surface area contributed by atoms with E-state index in [1.165, 1.54) is 13.0 Å². The van der Waals surface area contributed by atoms with Gasteiger partial charge < -0.3 is 4.90 Å². The number of hydrogen-bond donors (Lipinski definition) is 0. The fraction of sp³-hybridized carbons (Fsp3) is 1.00. The van der Waals surface area contributed by atoms with E-state index in [1.54, 1.807) is 0 Å². The molecule has 0 saturated carbocycles. The van der Waals surface area contributed by atoms with E-state index in [0.29, 0.717) is 10.8 Å². The second-order valence-electron chi connectivity index (χ2n) is 6.88. The molecule has 0 amide bonds. The minimum atomic E-state index is 0.411. The maximum atomic E-state index is 2.36. The average molecular weight is 199 g/mol. The summed E-state index contributed by atoms with van der Waals surface area (Å²) in [4.78, 5) is 2.28. The van der Waals surface area contributed by atoms with Crippen LogP contribution in [0.3, 0.4) is 0 Å². The van der Waals surface area contributed by atoms with Gasteiger partial charge in [0, 0.05) is 0 Å². The van der Waals surface area contributed by atoms with Crippen LogP contribution >= 0.6 is 0 Å². The zero-order valence-corrected chi connectivity index (χ0v) is 11.4. The molecule has 0 rings (SSSR count). The maximum Gasteiger partial charge on any atom is -0.00218 e. The van der Waals surface area contributed by atoms with Crippen LogP contribution in [-0.2, 0) is 0 Å². The molecule has 0 aromatic rings. The summed E-state index contributed by atoms with van der Waals surface area (Å²) in [7, 11) is 4.31. The molecule has 0 spiro atoms. The highest BCUT2D eigenvalue weighted by Crippen LogP contribution is 2.41. The van der Waals surface area contributed by atoms with E-state index >= 15 is 0 Å². The summed E-state index contributed by atoms with van der Waals surface area (Å²) < 4.78 is 0. The van der Waals surface area contributed by atoms with E-state index in [-0.39, 0.29) is 0 Å². The molecule has 0 aliphatic rings. The molecule has 14 heavy (non-hydrogen) atoms. The summed E-state index contributed by atoms with van der Waals surface area (Å²) in [6.45, 7) is 15.4. The molecule has 0 saturated heterocycles. The highest BCUT2D eigenvalue weighted by Gasteiger charge is 2.34. The van der Waals surface area contributed by atoms with Crippen LogP contribution in [0.4, 0.5) is 0 Å². The van der Waals surface area contributed by atoms with Gasteiger partial charge in [0.05, 0.1) is 0 Å². The monoisotopic (exact) mass is 199 g/mol. The molecule has 1 heteroatoms. The van der Waals surface area contributed by atoms with Crippen LogP contribution in [0.15, 0.2) is 0 Å². The Labute approximate surface area is 90.9 Å². The van der Waals surface area contributed by atoms with E-state index in [4.69, 9.17) is 0 Å². The van der Waals surface area contributed by atoms with Crippen molar-refractivity contribution in [3.8, 4) is 0 Å². The third-order valence-electron chi connectivity index (χ3n) is 2.96. The first-order valence-corrected chi connectivity index (χ1v) is 5.70. The number of nitrogens with zero attached hydrogens (tertiary/aromatic N) is 1. The van der Waals surface area contributed by atoms with E-state index in [9.17, 15) is 0 Å². The quantitative estimate of drug-likeness (QED) is 0.670. The van der Waals surface area contributed by atoms with Crippen molar-refractivity contribution in [2.24, 2.45) is 16.7 Å². The van der Waals surface area contributed by atoms with Crippen molar-refractivity contribution < 1.29 is 0 Å². The molecular weight excluding hydrogens is 170 g/mol. The van der Waals surface area contributed by atoms with Gasteiger partial charge in [0.1, 0.15) is 0 Å². The molecule has 0 heterocycles. The lowest BCUT2D eigenvalue weighted by Gasteiger charge is -2.41. The number of rotatable bonds is 3. The van der Waals surface area contributed by atoms with E-state index < -0.39 is 0 Å². The third-order valence-corrected chi connectivity index (χ3v) is 2.96. The maximum absolute atomic E-state index is 2.36. The second-order valence-corrected chi connectivity index (χ2v) is 6.88. The summed E-state index contributed by atoms with van der Waals surface area (Å²) in [5.74, 6) is 0.775. The highest BCUT2D eigenvalue weighted by atomic mass is 15.0. The van der Waals surface area contributed by atoms with Gasteiger partial charge in [-0.15, -0.1) is 0 Å². The molecule has 0 fully saturated rings. The molecule has 0 radical (unpaired) electrons. The van der Waals surface area contributed by atoms with Gasteiger partial charge in [-0.25, -0.2) is 0 Å². The fourth-order valence-corrected chi connectivity index (χ4v) is 2.55. The van der Waals surface area contributed by atoms with Gasteiger partial charge in [0.2, 0.25) is 0 Å². The van der Waals surface area contributed by atoms with Gasteiger partial charge in [-0.2, -0.15) is 0 Å². The zero-order chi connectivity index (χ0) is 11.6. The Morgan fingerprint density at radius 2 is 1.21 bits per heavy atom. The van der Waals surface area contributed by atoms with Crippen molar-refractivity contribution in [2.75, 3.05) is 20.6 Å². The Morgan fingerprint density at radius 1 is 0.857 bits per heavy atom. The minimum Gasteiger partial charge on any atom is -0.309 e. The Bertz CT molecular complexity index is 143. The van der Waals surface area contributed by atoms with Crippen LogP contribution in [0.2, 0.25) is 0 Å². The van der Waals surface area contributed by atoms with E-state index in [2.05, 4.69) is 60.5 Å². The second kappa shape index (κ2) is 4.65. The van der Waals surface area contributed by atoms with Crippen molar-refractivity contribution >= 4 is 0 Å². The van der Waals surface area contributed by atoms with Gasteiger partial charge in [-0.1, -0.05) is 41.5 Å². The summed E-state index contributed by atoms with van der Waals surface area (Å²) >= 11 is 0. The molecule has 0 unspecified atom stereocenters. The Balaban J connectivity index is 4.44. The van der Waals surface area contributed by atoms with Crippen molar-refractivity contribution in [3.05, 3.63) is 0 Å². The Hall–Kier alpha value is -0.0400. The topological polar surface area (TPSA) is 3.24 Å². The van der Waals surface area contributed by atoms with Gasteiger partial charge in [0.25, 0.3) is 0 Å². The summed E-state index contributed by atoms with van der Waals surface area (Å²) in [5, 5.41) is 0. The third kappa shape index (κ3) is 4.99. The van der Waals surface area contributed by atoms with Crippen molar-refractivity contribution in [1.82, 2.24) is 4.90 Å². The van der Waals surface area contributed by atoms with Gasteiger partial charge >= 0.3 is 0 Å². The Kier molecular flexibility index (Phi) is 4.64. The van der Waals surface area contributed by atoms with E-state index in [0.717, 1.165) is 5.92 Å². The zero-order valence-electron chi connectivity index (χ0n) is 11.4. The van der Waals surface area contributed by atoms with Crippen molar-refractivity contribution in [2.45, 2.75) is 48.0 Å². The lowest BCUT2D eigenvalue weighted by molar-refractivity contribution is 0.0848. The summed E-state index contributed by atoms with van der Waals surface area (Å²) in [6.07, 6.45) is 1.29. The molecular formula is C13H29N. The first-order valence-electron chi connectivity index (χ1n) is 5.70. The van der Waals surface area contributed by atoms with Crippen LogP contribution in [0.25, 0.3) is 0 Å². The summed E-state index contributed by atoms with van der Waals surface area (Å²) in [5.41, 5.74) is 0.822. The van der Waals surface area contributed by atoms with Gasteiger partial charge in [0.15, 0.2) is 0 Å². The van der Waals surface area contributed by atoms with Crippen LogP contribution in [-0.4, -0.2) is 25.5 Å². The molecule has 0 N–H and O–H groups in total. The largest absolute Gasteiger partial charge is 0.309 e. The first-order chi connectivity index (χ1) is 6.05. The molecule has 0 aromatic heterocycles. The van der Waals surface area contributed by atoms with Gasteiger partial charge in [-0.05, 0) is 43.8 Å².